The molecular weight excluding hydrogens is 389 g/mol. The summed E-state index contributed by atoms with van der Waals surface area (Å²) in [5.74, 6) is 1.59. The molecule has 0 saturated carbocycles. The van der Waals surface area contributed by atoms with E-state index in [0.717, 1.165) is 11.1 Å². The zero-order chi connectivity index (χ0) is 20.0. The van der Waals surface area contributed by atoms with Crippen molar-refractivity contribution in [1.29, 1.82) is 0 Å². The normalized spacial score (nSPS) is 11.6. The number of rotatable bonds is 8. The molecule has 0 fully saturated rings. The molecule has 2 aromatic rings. The lowest BCUT2D eigenvalue weighted by Crippen LogP contribution is -2.26. The Morgan fingerprint density at radius 3 is 2.15 bits per heavy atom. The molecule has 2 rings (SSSR count). The summed E-state index contributed by atoms with van der Waals surface area (Å²) in [4.78, 5) is 12.3. The monoisotopic (exact) mass is 411 g/mol. The van der Waals surface area contributed by atoms with Gasteiger partial charge in [-0.1, -0.05) is 29.3 Å². The molecule has 0 aliphatic rings. The van der Waals surface area contributed by atoms with E-state index < -0.39 is 0 Å². The smallest absolute Gasteiger partial charge is 0.220 e. The van der Waals surface area contributed by atoms with E-state index in [9.17, 15) is 4.79 Å². The molecule has 0 spiro atoms. The van der Waals surface area contributed by atoms with Crippen LogP contribution in [0.1, 0.15) is 30.5 Å². The number of ether oxygens (including phenoxy) is 3. The van der Waals surface area contributed by atoms with Crippen LogP contribution in [0.3, 0.4) is 0 Å². The first kappa shape index (κ1) is 21.2. The Morgan fingerprint density at radius 2 is 1.63 bits per heavy atom. The first-order chi connectivity index (χ1) is 12.9. The molecule has 0 aromatic heterocycles. The highest BCUT2D eigenvalue weighted by Gasteiger charge is 2.15. The number of nitrogens with one attached hydrogen (secondary N) is 1. The van der Waals surface area contributed by atoms with Crippen molar-refractivity contribution >= 4 is 29.1 Å². The molecule has 1 amide bonds. The van der Waals surface area contributed by atoms with E-state index in [2.05, 4.69) is 5.32 Å². The number of hydrogen-bond donors (Lipinski definition) is 1. The fourth-order valence-electron chi connectivity index (χ4n) is 2.72. The zero-order valence-electron chi connectivity index (χ0n) is 15.8. The molecule has 0 saturated heterocycles. The third kappa shape index (κ3) is 5.44. The number of methoxy groups -OCH3 is 3. The average Bonchev–Trinajstić information content (AvgIpc) is 2.67. The Kier molecular flexibility index (Phi) is 7.63. The summed E-state index contributed by atoms with van der Waals surface area (Å²) in [6, 6.07) is 8.84. The summed E-state index contributed by atoms with van der Waals surface area (Å²) in [6.07, 6.45) is 0.862. The van der Waals surface area contributed by atoms with E-state index in [1.165, 1.54) is 0 Å². The van der Waals surface area contributed by atoms with Crippen molar-refractivity contribution in [1.82, 2.24) is 5.32 Å². The van der Waals surface area contributed by atoms with Crippen LogP contribution in [-0.4, -0.2) is 27.2 Å². The summed E-state index contributed by atoms with van der Waals surface area (Å²) in [5, 5.41) is 3.92. The highest BCUT2D eigenvalue weighted by atomic mass is 35.5. The maximum absolute atomic E-state index is 12.3. The van der Waals surface area contributed by atoms with Gasteiger partial charge >= 0.3 is 0 Å². The lowest BCUT2D eigenvalue weighted by Gasteiger charge is -2.16. The van der Waals surface area contributed by atoms with Crippen LogP contribution < -0.4 is 19.5 Å². The Morgan fingerprint density at radius 1 is 1.00 bits per heavy atom. The predicted octanol–water partition coefficient (Wildman–Crippen LogP) is 4.83. The Bertz CT molecular complexity index is 786. The largest absolute Gasteiger partial charge is 0.493 e. The minimum atomic E-state index is -0.174. The van der Waals surface area contributed by atoms with Crippen molar-refractivity contribution in [2.45, 2.75) is 25.8 Å². The second kappa shape index (κ2) is 9.72. The van der Waals surface area contributed by atoms with Gasteiger partial charge in [0.05, 0.1) is 37.4 Å². The van der Waals surface area contributed by atoms with Crippen molar-refractivity contribution in [2.75, 3.05) is 21.3 Å². The molecule has 0 heterocycles. The van der Waals surface area contributed by atoms with Crippen LogP contribution in [0.15, 0.2) is 30.3 Å². The number of hydrogen-bond acceptors (Lipinski definition) is 4. The van der Waals surface area contributed by atoms with Crippen molar-refractivity contribution in [2.24, 2.45) is 0 Å². The zero-order valence-corrected chi connectivity index (χ0v) is 17.3. The highest BCUT2D eigenvalue weighted by molar-refractivity contribution is 6.42. The minimum Gasteiger partial charge on any atom is -0.493 e. The minimum absolute atomic E-state index is 0.0673. The second-order valence-electron chi connectivity index (χ2n) is 6.00. The van der Waals surface area contributed by atoms with Gasteiger partial charge in [-0.3, -0.25) is 4.79 Å². The van der Waals surface area contributed by atoms with Crippen LogP contribution in [0.2, 0.25) is 10.0 Å². The van der Waals surface area contributed by atoms with Crippen LogP contribution in [0.5, 0.6) is 17.2 Å². The van der Waals surface area contributed by atoms with E-state index in [1.807, 2.05) is 25.1 Å². The highest BCUT2D eigenvalue weighted by Crippen LogP contribution is 2.38. The Labute approximate surface area is 169 Å². The van der Waals surface area contributed by atoms with E-state index in [-0.39, 0.29) is 11.9 Å². The average molecular weight is 412 g/mol. The number of halogens is 2. The van der Waals surface area contributed by atoms with Crippen LogP contribution in [0.4, 0.5) is 0 Å². The molecule has 27 heavy (non-hydrogen) atoms. The maximum atomic E-state index is 12.3. The summed E-state index contributed by atoms with van der Waals surface area (Å²) in [6.45, 7) is 1.90. The van der Waals surface area contributed by atoms with Crippen molar-refractivity contribution in [3.05, 3.63) is 51.5 Å². The van der Waals surface area contributed by atoms with Gasteiger partial charge in [0.15, 0.2) is 11.5 Å². The number of carbonyl (C=O) groups is 1. The topological polar surface area (TPSA) is 56.8 Å². The van der Waals surface area contributed by atoms with Gasteiger partial charge in [-0.2, -0.15) is 0 Å². The van der Waals surface area contributed by atoms with Gasteiger partial charge in [0, 0.05) is 6.42 Å². The molecule has 146 valence electrons. The van der Waals surface area contributed by atoms with E-state index >= 15 is 0 Å². The Hall–Kier alpha value is -2.11. The summed E-state index contributed by atoms with van der Waals surface area (Å²) in [5.41, 5.74) is 1.81. The first-order valence-corrected chi connectivity index (χ1v) is 9.18. The van der Waals surface area contributed by atoms with Gasteiger partial charge in [-0.05, 0) is 48.7 Å². The fourth-order valence-corrected chi connectivity index (χ4v) is 3.02. The number of carbonyl (C=O) groups excluding carboxylic acids is 1. The third-order valence-electron chi connectivity index (χ3n) is 4.19. The molecule has 0 radical (unpaired) electrons. The number of benzene rings is 2. The molecule has 1 unspecified atom stereocenters. The third-order valence-corrected chi connectivity index (χ3v) is 4.93. The molecule has 0 bridgehead atoms. The summed E-state index contributed by atoms with van der Waals surface area (Å²) < 4.78 is 16.0. The van der Waals surface area contributed by atoms with Gasteiger partial charge in [0.1, 0.15) is 0 Å². The number of aryl methyl sites for hydroxylation is 1. The van der Waals surface area contributed by atoms with Gasteiger partial charge in [-0.15, -0.1) is 0 Å². The van der Waals surface area contributed by atoms with Gasteiger partial charge < -0.3 is 19.5 Å². The molecule has 0 aliphatic carbocycles. The molecule has 1 atom stereocenters. The van der Waals surface area contributed by atoms with Crippen molar-refractivity contribution < 1.29 is 19.0 Å². The quantitative estimate of drug-likeness (QED) is 0.675. The molecular formula is C20H23Cl2NO4. The fraction of sp³-hybridized carbons (Fsp3) is 0.350. The summed E-state index contributed by atoms with van der Waals surface area (Å²) >= 11 is 12.0. The van der Waals surface area contributed by atoms with E-state index in [4.69, 9.17) is 37.4 Å². The van der Waals surface area contributed by atoms with Crippen LogP contribution in [-0.2, 0) is 11.2 Å². The number of amides is 1. The molecule has 5 nitrogen and oxygen atoms in total. The predicted molar refractivity (Wildman–Crippen MR) is 107 cm³/mol. The second-order valence-corrected chi connectivity index (χ2v) is 6.81. The van der Waals surface area contributed by atoms with E-state index in [0.29, 0.717) is 40.1 Å². The lowest BCUT2D eigenvalue weighted by molar-refractivity contribution is -0.121. The SMILES string of the molecule is COc1cc(CCC(=O)NC(C)c2ccc(Cl)c(Cl)c2)cc(OC)c1OC. The van der Waals surface area contributed by atoms with Crippen molar-refractivity contribution in [3.8, 4) is 17.2 Å². The van der Waals surface area contributed by atoms with Gasteiger partial charge in [0.2, 0.25) is 11.7 Å². The van der Waals surface area contributed by atoms with Crippen LogP contribution >= 0.6 is 23.2 Å². The first-order valence-electron chi connectivity index (χ1n) is 8.42. The summed E-state index contributed by atoms with van der Waals surface area (Å²) in [7, 11) is 4.68. The van der Waals surface area contributed by atoms with Crippen LogP contribution in [0.25, 0.3) is 0 Å². The standard InChI is InChI=1S/C20H23Cl2NO4/c1-12(14-6-7-15(21)16(22)11-14)23-19(24)8-5-13-9-17(25-2)20(27-4)18(10-13)26-3/h6-7,9-12H,5,8H2,1-4H3,(H,23,24). The maximum Gasteiger partial charge on any atom is 0.220 e. The molecule has 1 N–H and O–H groups in total. The molecule has 7 heteroatoms. The van der Waals surface area contributed by atoms with Gasteiger partial charge in [0.25, 0.3) is 0 Å². The molecule has 2 aromatic carbocycles. The van der Waals surface area contributed by atoms with E-state index in [1.54, 1.807) is 33.5 Å². The van der Waals surface area contributed by atoms with Crippen LogP contribution in [0, 0.1) is 0 Å². The van der Waals surface area contributed by atoms with Crippen molar-refractivity contribution in [3.63, 3.8) is 0 Å². The van der Waals surface area contributed by atoms with Gasteiger partial charge in [-0.25, -0.2) is 0 Å². The Balaban J connectivity index is 2.01. The molecule has 0 aliphatic heterocycles. The lowest BCUT2D eigenvalue weighted by atomic mass is 10.1.